The van der Waals surface area contributed by atoms with Crippen LogP contribution in [0, 0.1) is 10.8 Å². The van der Waals surface area contributed by atoms with Gasteiger partial charge >= 0.3 is 5.97 Å². The Hall–Kier alpha value is -0.660. The highest BCUT2D eigenvalue weighted by atomic mass is 32.2. The van der Waals surface area contributed by atoms with Crippen molar-refractivity contribution < 1.29 is 18.3 Å². The lowest BCUT2D eigenvalue weighted by atomic mass is 10.0. The second kappa shape index (κ2) is 4.68. The predicted octanol–water partition coefficient (Wildman–Crippen LogP) is 1.19. The van der Waals surface area contributed by atoms with Gasteiger partial charge in [0.1, 0.15) is 6.04 Å². The highest BCUT2D eigenvalue weighted by molar-refractivity contribution is 7.87. The van der Waals surface area contributed by atoms with Gasteiger partial charge in [0.05, 0.1) is 0 Å². The van der Waals surface area contributed by atoms with Crippen LogP contribution in [-0.4, -0.2) is 42.4 Å². The summed E-state index contributed by atoms with van der Waals surface area (Å²) in [4.78, 5) is 11.2. The van der Waals surface area contributed by atoms with Gasteiger partial charge in [-0.15, -0.1) is 0 Å². The van der Waals surface area contributed by atoms with Crippen LogP contribution in [0.25, 0.3) is 0 Å². The SMILES string of the molecule is CC1(C)C(NS(=O)(=O)N2CCCCC2C(=O)O)C1(C)C. The molecule has 2 N–H and O–H groups in total. The number of piperidine rings is 1. The van der Waals surface area contributed by atoms with Crippen molar-refractivity contribution in [1.29, 1.82) is 0 Å². The number of nitrogens with zero attached hydrogens (tertiary/aromatic N) is 1. The van der Waals surface area contributed by atoms with Crippen molar-refractivity contribution in [3.63, 3.8) is 0 Å². The number of carboxylic acids is 1. The molecule has 2 aliphatic rings. The van der Waals surface area contributed by atoms with Gasteiger partial charge in [-0.2, -0.15) is 17.4 Å². The molecule has 1 heterocycles. The van der Waals surface area contributed by atoms with Gasteiger partial charge in [-0.05, 0) is 30.1 Å². The molecule has 1 saturated carbocycles. The predicted molar refractivity (Wildman–Crippen MR) is 75.4 cm³/mol. The maximum atomic E-state index is 12.5. The molecule has 2 fully saturated rings. The molecule has 20 heavy (non-hydrogen) atoms. The molecule has 6 nitrogen and oxygen atoms in total. The second-order valence-electron chi connectivity index (χ2n) is 6.96. The lowest BCUT2D eigenvalue weighted by Crippen LogP contribution is -2.53. The summed E-state index contributed by atoms with van der Waals surface area (Å²) in [6.07, 6.45) is 1.85. The number of carbonyl (C=O) groups is 1. The molecule has 7 heteroatoms. The van der Waals surface area contributed by atoms with Gasteiger partial charge in [0.25, 0.3) is 10.2 Å². The fraction of sp³-hybridized carbons (Fsp3) is 0.923. The fourth-order valence-electron chi connectivity index (χ4n) is 3.15. The van der Waals surface area contributed by atoms with Crippen LogP contribution in [0.2, 0.25) is 0 Å². The molecule has 116 valence electrons. The molecule has 0 bridgehead atoms. The first-order chi connectivity index (χ1) is 9.02. The quantitative estimate of drug-likeness (QED) is 0.817. The summed E-state index contributed by atoms with van der Waals surface area (Å²) >= 11 is 0. The first kappa shape index (κ1) is 15.7. The molecule has 1 atom stereocenters. The van der Waals surface area contributed by atoms with E-state index in [4.69, 9.17) is 0 Å². The smallest absolute Gasteiger partial charge is 0.322 e. The van der Waals surface area contributed by atoms with Gasteiger partial charge in [-0.3, -0.25) is 4.79 Å². The van der Waals surface area contributed by atoms with Crippen LogP contribution in [-0.2, 0) is 15.0 Å². The molecule has 1 unspecified atom stereocenters. The average Bonchev–Trinajstić information content (AvgIpc) is 2.71. The fourth-order valence-corrected chi connectivity index (χ4v) is 5.07. The Morgan fingerprint density at radius 3 is 2.20 bits per heavy atom. The number of nitrogens with one attached hydrogen (secondary N) is 1. The van der Waals surface area contributed by atoms with Crippen LogP contribution in [0.3, 0.4) is 0 Å². The maximum absolute atomic E-state index is 12.5. The summed E-state index contributed by atoms with van der Waals surface area (Å²) in [6.45, 7) is 8.35. The molecule has 0 aromatic heterocycles. The number of carboxylic acid groups (broad SMARTS) is 1. The molecular formula is C13H24N2O4S. The van der Waals surface area contributed by atoms with Crippen molar-refractivity contribution in [2.75, 3.05) is 6.54 Å². The van der Waals surface area contributed by atoms with E-state index < -0.39 is 22.2 Å². The van der Waals surface area contributed by atoms with Gasteiger partial charge in [0, 0.05) is 12.6 Å². The Kier molecular flexibility index (Phi) is 3.68. The highest BCUT2D eigenvalue weighted by Gasteiger charge is 2.66. The minimum atomic E-state index is -3.75. The van der Waals surface area contributed by atoms with Crippen molar-refractivity contribution in [3.8, 4) is 0 Å². The van der Waals surface area contributed by atoms with E-state index >= 15 is 0 Å². The number of hydrogen-bond acceptors (Lipinski definition) is 3. The third-order valence-corrected chi connectivity index (χ3v) is 6.92. The Labute approximate surface area is 120 Å². The van der Waals surface area contributed by atoms with Crippen molar-refractivity contribution in [3.05, 3.63) is 0 Å². The van der Waals surface area contributed by atoms with Crippen LogP contribution < -0.4 is 4.72 Å². The number of aliphatic carboxylic acids is 1. The molecule has 1 saturated heterocycles. The van der Waals surface area contributed by atoms with E-state index in [-0.39, 0.29) is 23.4 Å². The van der Waals surface area contributed by atoms with E-state index in [1.165, 1.54) is 0 Å². The molecule has 0 amide bonds. The van der Waals surface area contributed by atoms with E-state index in [2.05, 4.69) is 4.72 Å². The largest absolute Gasteiger partial charge is 0.480 e. The van der Waals surface area contributed by atoms with Crippen molar-refractivity contribution in [2.24, 2.45) is 10.8 Å². The second-order valence-corrected chi connectivity index (χ2v) is 8.61. The lowest BCUT2D eigenvalue weighted by Gasteiger charge is -2.32. The number of hydrogen-bond donors (Lipinski definition) is 2. The molecule has 1 aliphatic carbocycles. The summed E-state index contributed by atoms with van der Waals surface area (Å²) in [5.41, 5.74) is -0.233. The van der Waals surface area contributed by atoms with Crippen molar-refractivity contribution in [2.45, 2.75) is 59.0 Å². The molecule has 0 aromatic rings. The van der Waals surface area contributed by atoms with Crippen LogP contribution in [0.5, 0.6) is 0 Å². The van der Waals surface area contributed by atoms with Gasteiger partial charge in [-0.1, -0.05) is 27.7 Å². The van der Waals surface area contributed by atoms with Crippen LogP contribution >= 0.6 is 0 Å². The summed E-state index contributed by atoms with van der Waals surface area (Å²) in [5, 5.41) is 9.19. The summed E-state index contributed by atoms with van der Waals surface area (Å²) in [5.74, 6) is -1.07. The van der Waals surface area contributed by atoms with E-state index in [0.717, 1.165) is 10.7 Å². The molecular weight excluding hydrogens is 280 g/mol. The first-order valence-electron chi connectivity index (χ1n) is 7.04. The van der Waals surface area contributed by atoms with E-state index in [1.54, 1.807) is 0 Å². The lowest BCUT2D eigenvalue weighted by molar-refractivity contribution is -0.142. The molecule has 0 aromatic carbocycles. The van der Waals surface area contributed by atoms with Gasteiger partial charge in [0.2, 0.25) is 0 Å². The topological polar surface area (TPSA) is 86.7 Å². The standard InChI is InChI=1S/C13H24N2O4S/c1-12(2)11(13(12,3)4)14-20(18,19)15-8-6-5-7-9(15)10(16)17/h9,11,14H,5-8H2,1-4H3,(H,16,17). The van der Waals surface area contributed by atoms with E-state index in [0.29, 0.717) is 12.8 Å². The summed E-state index contributed by atoms with van der Waals surface area (Å²) < 4.78 is 28.8. The van der Waals surface area contributed by atoms with E-state index in [9.17, 15) is 18.3 Å². The first-order valence-corrected chi connectivity index (χ1v) is 8.48. The van der Waals surface area contributed by atoms with Crippen LogP contribution in [0.1, 0.15) is 47.0 Å². The average molecular weight is 304 g/mol. The minimum absolute atomic E-state index is 0.116. The third-order valence-electron chi connectivity index (χ3n) is 5.33. The Morgan fingerprint density at radius 1 is 1.20 bits per heavy atom. The van der Waals surface area contributed by atoms with Gasteiger partial charge in [0.15, 0.2) is 0 Å². The van der Waals surface area contributed by atoms with Crippen LogP contribution in [0.15, 0.2) is 0 Å². The molecule has 0 spiro atoms. The molecule has 2 rings (SSSR count). The van der Waals surface area contributed by atoms with E-state index in [1.807, 2.05) is 27.7 Å². The third kappa shape index (κ3) is 2.35. The summed E-state index contributed by atoms with van der Waals surface area (Å²) in [7, 11) is -3.75. The van der Waals surface area contributed by atoms with Crippen molar-refractivity contribution >= 4 is 16.2 Å². The molecule has 0 radical (unpaired) electrons. The Morgan fingerprint density at radius 2 is 1.75 bits per heavy atom. The normalized spacial score (nSPS) is 30.1. The van der Waals surface area contributed by atoms with Gasteiger partial charge < -0.3 is 5.11 Å². The van der Waals surface area contributed by atoms with Crippen molar-refractivity contribution in [1.82, 2.24) is 9.03 Å². The molecule has 1 aliphatic heterocycles. The monoisotopic (exact) mass is 304 g/mol. The van der Waals surface area contributed by atoms with Crippen LogP contribution in [0.4, 0.5) is 0 Å². The Bertz CT molecular complexity index is 498. The zero-order chi connectivity index (χ0) is 15.3. The zero-order valence-electron chi connectivity index (χ0n) is 12.5. The Balaban J connectivity index is 2.16. The van der Waals surface area contributed by atoms with Gasteiger partial charge in [-0.25, -0.2) is 0 Å². The summed E-state index contributed by atoms with van der Waals surface area (Å²) in [6, 6.07) is -1.09. The highest BCUT2D eigenvalue weighted by Crippen LogP contribution is 2.62. The maximum Gasteiger partial charge on any atom is 0.322 e. The number of rotatable bonds is 4. The zero-order valence-corrected chi connectivity index (χ0v) is 13.3. The minimum Gasteiger partial charge on any atom is -0.480 e.